The van der Waals surface area contributed by atoms with Crippen LogP contribution in [0.4, 0.5) is 0 Å². The molecule has 1 aromatic heterocycles. The lowest BCUT2D eigenvalue weighted by Crippen LogP contribution is -2.48. The molecule has 2 N–H and O–H groups in total. The predicted molar refractivity (Wildman–Crippen MR) is 92.2 cm³/mol. The lowest BCUT2D eigenvalue weighted by molar-refractivity contribution is 0.0466. The van der Waals surface area contributed by atoms with Crippen LogP contribution in [0.2, 0.25) is 0 Å². The topological polar surface area (TPSA) is 70.2 Å². The van der Waals surface area contributed by atoms with Gasteiger partial charge in [0.15, 0.2) is 5.69 Å². The maximum Gasteiger partial charge on any atom is 0.272 e. The quantitative estimate of drug-likeness (QED) is 0.881. The number of benzene rings is 1. The fraction of sp³-hybridized carbons (Fsp3) is 0.556. The molecular formula is C18H24N4O2. The lowest BCUT2D eigenvalue weighted by Gasteiger charge is -2.45. The number of H-pyrrole nitrogens is 1. The van der Waals surface area contributed by atoms with Gasteiger partial charge in [0.05, 0.1) is 12.6 Å². The third-order valence-electron chi connectivity index (χ3n) is 5.58. The largest absolute Gasteiger partial charge is 0.497 e. The second kappa shape index (κ2) is 6.43. The van der Waals surface area contributed by atoms with Crippen LogP contribution in [-0.2, 0) is 0 Å². The minimum atomic E-state index is -0.104. The molecule has 6 heteroatoms. The summed E-state index contributed by atoms with van der Waals surface area (Å²) in [7, 11) is 1.62. The van der Waals surface area contributed by atoms with Crippen LogP contribution >= 0.6 is 0 Å². The highest BCUT2D eigenvalue weighted by Gasteiger charge is 2.33. The average Bonchev–Trinajstić information content (AvgIpc) is 3.05. The molecule has 0 saturated carbocycles. The van der Waals surface area contributed by atoms with Crippen molar-refractivity contribution in [2.75, 3.05) is 33.3 Å². The minimum Gasteiger partial charge on any atom is -0.497 e. The number of ether oxygens (including phenoxy) is 1. The molecule has 5 rings (SSSR count). The number of rotatable bonds is 5. The number of hydrogen-bond donors (Lipinski definition) is 2. The summed E-state index contributed by atoms with van der Waals surface area (Å²) in [6.07, 6.45) is 3.71. The Morgan fingerprint density at radius 3 is 2.96 bits per heavy atom. The number of nitrogens with zero attached hydrogens (tertiary/aromatic N) is 2. The number of piperidine rings is 3. The SMILES string of the molecule is COc1ccc2c(C(=O)NCC[C@@H]3CN4CCC3CC4)n[nH]c2c1. The third-order valence-corrected chi connectivity index (χ3v) is 5.58. The first-order chi connectivity index (χ1) is 11.7. The van der Waals surface area contributed by atoms with E-state index in [1.807, 2.05) is 18.2 Å². The van der Waals surface area contributed by atoms with Crippen LogP contribution in [0.25, 0.3) is 10.9 Å². The number of hydrogen-bond acceptors (Lipinski definition) is 4. The summed E-state index contributed by atoms with van der Waals surface area (Å²) in [5.74, 6) is 2.23. The highest BCUT2D eigenvalue weighted by atomic mass is 16.5. The van der Waals surface area contributed by atoms with Crippen molar-refractivity contribution in [3.05, 3.63) is 23.9 Å². The smallest absolute Gasteiger partial charge is 0.272 e. The second-order valence-electron chi connectivity index (χ2n) is 6.93. The van der Waals surface area contributed by atoms with Crippen molar-refractivity contribution in [2.45, 2.75) is 19.3 Å². The molecule has 2 aromatic rings. The fourth-order valence-electron chi connectivity index (χ4n) is 4.17. The van der Waals surface area contributed by atoms with Gasteiger partial charge in [-0.1, -0.05) is 0 Å². The van der Waals surface area contributed by atoms with Crippen molar-refractivity contribution in [3.8, 4) is 5.75 Å². The Balaban J connectivity index is 1.36. The first kappa shape index (κ1) is 15.4. The van der Waals surface area contributed by atoms with Crippen LogP contribution in [0.3, 0.4) is 0 Å². The molecule has 3 aliphatic rings. The Kier molecular flexibility index (Phi) is 4.14. The van der Waals surface area contributed by atoms with Gasteiger partial charge in [-0.25, -0.2) is 0 Å². The van der Waals surface area contributed by atoms with Gasteiger partial charge in [-0.3, -0.25) is 9.89 Å². The number of methoxy groups -OCH3 is 1. The van der Waals surface area contributed by atoms with E-state index in [0.717, 1.165) is 41.5 Å². The van der Waals surface area contributed by atoms with E-state index in [0.29, 0.717) is 5.69 Å². The van der Waals surface area contributed by atoms with Crippen LogP contribution in [-0.4, -0.2) is 54.3 Å². The van der Waals surface area contributed by atoms with Crippen LogP contribution < -0.4 is 10.1 Å². The van der Waals surface area contributed by atoms with Crippen molar-refractivity contribution >= 4 is 16.8 Å². The first-order valence-corrected chi connectivity index (χ1v) is 8.77. The molecule has 128 valence electrons. The minimum absolute atomic E-state index is 0.104. The van der Waals surface area contributed by atoms with Gasteiger partial charge in [-0.2, -0.15) is 5.10 Å². The zero-order valence-electron chi connectivity index (χ0n) is 14.0. The van der Waals surface area contributed by atoms with E-state index in [9.17, 15) is 4.79 Å². The molecule has 0 unspecified atom stereocenters. The number of carbonyl (C=O) groups excluding carboxylic acids is 1. The number of amides is 1. The molecule has 3 saturated heterocycles. The third kappa shape index (κ3) is 2.86. The molecular weight excluding hydrogens is 304 g/mol. The molecule has 0 aliphatic carbocycles. The molecule has 24 heavy (non-hydrogen) atoms. The molecule has 6 nitrogen and oxygen atoms in total. The number of aromatic nitrogens is 2. The van der Waals surface area contributed by atoms with Crippen molar-refractivity contribution < 1.29 is 9.53 Å². The van der Waals surface area contributed by atoms with Crippen LogP contribution in [0.15, 0.2) is 18.2 Å². The Morgan fingerprint density at radius 2 is 2.25 bits per heavy atom. The Bertz CT molecular complexity index is 734. The van der Waals surface area contributed by atoms with E-state index in [2.05, 4.69) is 20.4 Å². The van der Waals surface area contributed by atoms with Crippen LogP contribution in [0.1, 0.15) is 29.8 Å². The Hall–Kier alpha value is -2.08. The molecule has 2 bridgehead atoms. The Labute approximate surface area is 141 Å². The Morgan fingerprint density at radius 1 is 1.42 bits per heavy atom. The van der Waals surface area contributed by atoms with E-state index in [1.165, 1.54) is 32.5 Å². The summed E-state index contributed by atoms with van der Waals surface area (Å²) in [6, 6.07) is 5.58. The van der Waals surface area contributed by atoms with E-state index < -0.39 is 0 Å². The van der Waals surface area contributed by atoms with Crippen molar-refractivity contribution in [3.63, 3.8) is 0 Å². The van der Waals surface area contributed by atoms with E-state index in [4.69, 9.17) is 4.74 Å². The average molecular weight is 328 g/mol. The standard InChI is InChI=1S/C18H24N4O2/c1-24-14-2-3-15-16(10-14)20-21-17(15)18(23)19-7-4-13-11-22-8-5-12(13)6-9-22/h2-3,10,12-13H,4-9,11H2,1H3,(H,19,23)(H,20,21)/t13-/m1/s1. The van der Waals surface area contributed by atoms with Gasteiger partial charge in [0.1, 0.15) is 5.75 Å². The number of aromatic amines is 1. The van der Waals surface area contributed by atoms with Crippen LogP contribution in [0, 0.1) is 11.8 Å². The highest BCUT2D eigenvalue weighted by molar-refractivity contribution is 6.04. The van der Waals surface area contributed by atoms with Crippen molar-refractivity contribution in [2.24, 2.45) is 11.8 Å². The van der Waals surface area contributed by atoms with Gasteiger partial charge >= 0.3 is 0 Å². The molecule has 0 radical (unpaired) electrons. The predicted octanol–water partition coefficient (Wildman–Crippen LogP) is 2.03. The monoisotopic (exact) mass is 328 g/mol. The van der Waals surface area contributed by atoms with E-state index in [1.54, 1.807) is 7.11 Å². The summed E-state index contributed by atoms with van der Waals surface area (Å²) in [4.78, 5) is 15.0. The van der Waals surface area contributed by atoms with Gasteiger partial charge < -0.3 is 15.0 Å². The summed E-state index contributed by atoms with van der Waals surface area (Å²) >= 11 is 0. The fourth-order valence-corrected chi connectivity index (χ4v) is 4.17. The van der Waals surface area contributed by atoms with Crippen molar-refractivity contribution in [1.29, 1.82) is 0 Å². The second-order valence-corrected chi connectivity index (χ2v) is 6.93. The molecule has 1 atom stereocenters. The van der Waals surface area contributed by atoms with Gasteiger partial charge in [0.25, 0.3) is 5.91 Å². The molecule has 0 spiro atoms. The molecule has 4 heterocycles. The zero-order valence-corrected chi connectivity index (χ0v) is 14.0. The van der Waals surface area contributed by atoms with Gasteiger partial charge in [0, 0.05) is 24.5 Å². The first-order valence-electron chi connectivity index (χ1n) is 8.77. The van der Waals surface area contributed by atoms with Crippen LogP contribution in [0.5, 0.6) is 5.75 Å². The van der Waals surface area contributed by atoms with Gasteiger partial charge in [0.2, 0.25) is 0 Å². The van der Waals surface area contributed by atoms with Crippen molar-refractivity contribution in [1.82, 2.24) is 20.4 Å². The van der Waals surface area contributed by atoms with Gasteiger partial charge in [-0.05, 0) is 56.3 Å². The molecule has 1 aromatic carbocycles. The summed E-state index contributed by atoms with van der Waals surface area (Å²) in [5, 5.41) is 11.0. The number of nitrogens with one attached hydrogen (secondary N) is 2. The van der Waals surface area contributed by atoms with Gasteiger partial charge in [-0.15, -0.1) is 0 Å². The summed E-state index contributed by atoms with van der Waals surface area (Å²) in [5.41, 5.74) is 1.28. The van der Waals surface area contributed by atoms with E-state index >= 15 is 0 Å². The molecule has 3 fully saturated rings. The zero-order chi connectivity index (χ0) is 16.5. The number of fused-ring (bicyclic) bond motifs is 4. The van der Waals surface area contributed by atoms with E-state index in [-0.39, 0.29) is 5.91 Å². The molecule has 1 amide bonds. The summed E-state index contributed by atoms with van der Waals surface area (Å²) in [6.45, 7) is 4.44. The highest BCUT2D eigenvalue weighted by Crippen LogP contribution is 2.33. The maximum absolute atomic E-state index is 12.4. The summed E-state index contributed by atoms with van der Waals surface area (Å²) < 4.78 is 5.20. The lowest BCUT2D eigenvalue weighted by atomic mass is 9.77. The normalized spacial score (nSPS) is 25.8. The number of carbonyl (C=O) groups is 1. The molecule has 3 aliphatic heterocycles. The maximum atomic E-state index is 12.4.